The van der Waals surface area contributed by atoms with Gasteiger partial charge < -0.3 is 9.52 Å². The van der Waals surface area contributed by atoms with Gasteiger partial charge in [-0.3, -0.25) is 9.88 Å². The first kappa shape index (κ1) is 10.1. The van der Waals surface area contributed by atoms with Crippen molar-refractivity contribution in [3.63, 3.8) is 0 Å². The lowest BCUT2D eigenvalue weighted by Crippen LogP contribution is -2.28. The Balaban J connectivity index is 2.00. The minimum atomic E-state index is -0.888. The molecule has 88 valence electrons. The van der Waals surface area contributed by atoms with Gasteiger partial charge in [0.2, 0.25) is 0 Å². The van der Waals surface area contributed by atoms with Crippen molar-refractivity contribution in [3.05, 3.63) is 30.2 Å². The molecule has 0 aliphatic carbocycles. The number of likely N-dealkylation sites (tertiary alicyclic amines) is 1. The highest BCUT2D eigenvalue weighted by Gasteiger charge is 2.32. The summed E-state index contributed by atoms with van der Waals surface area (Å²) in [5, 5.41) is 9.09. The van der Waals surface area contributed by atoms with Crippen LogP contribution in [0.15, 0.2) is 28.8 Å². The molecular formula is C12H12N2O3. The van der Waals surface area contributed by atoms with Crippen molar-refractivity contribution in [3.8, 4) is 0 Å². The molecule has 1 atom stereocenters. The van der Waals surface area contributed by atoms with E-state index in [1.54, 1.807) is 12.3 Å². The number of amides is 1. The van der Waals surface area contributed by atoms with Crippen LogP contribution < -0.4 is 0 Å². The number of carbonyl (C=O) groups is 1. The van der Waals surface area contributed by atoms with Crippen LogP contribution in [0.1, 0.15) is 24.6 Å². The maximum Gasteiger partial charge on any atom is 0.407 e. The number of carboxylic acid groups (broad SMARTS) is 1. The average Bonchev–Trinajstić information content (AvgIpc) is 2.95. The van der Waals surface area contributed by atoms with E-state index in [4.69, 9.17) is 9.52 Å². The SMILES string of the molecule is O=C(O)N1CCC[C@H]1c1cc2ncccc2o1. The first-order chi connectivity index (χ1) is 8.25. The lowest BCUT2D eigenvalue weighted by molar-refractivity contribution is 0.135. The van der Waals surface area contributed by atoms with Crippen LogP contribution in [0, 0.1) is 0 Å². The topological polar surface area (TPSA) is 66.6 Å². The zero-order chi connectivity index (χ0) is 11.8. The number of nitrogens with zero attached hydrogens (tertiary/aromatic N) is 2. The van der Waals surface area contributed by atoms with E-state index in [0.717, 1.165) is 18.4 Å². The molecule has 0 spiro atoms. The van der Waals surface area contributed by atoms with Gasteiger partial charge in [-0.2, -0.15) is 0 Å². The number of hydrogen-bond acceptors (Lipinski definition) is 3. The second-order valence-electron chi connectivity index (χ2n) is 4.17. The summed E-state index contributed by atoms with van der Waals surface area (Å²) in [6.07, 6.45) is 2.50. The number of fused-ring (bicyclic) bond motifs is 1. The average molecular weight is 232 g/mol. The summed E-state index contributed by atoms with van der Waals surface area (Å²) in [6, 6.07) is 5.31. The maximum atomic E-state index is 11.1. The predicted octanol–water partition coefficient (Wildman–Crippen LogP) is 2.64. The van der Waals surface area contributed by atoms with Gasteiger partial charge in [-0.05, 0) is 25.0 Å². The van der Waals surface area contributed by atoms with Crippen molar-refractivity contribution in [1.82, 2.24) is 9.88 Å². The number of rotatable bonds is 1. The van der Waals surface area contributed by atoms with Gasteiger partial charge in [0.1, 0.15) is 11.3 Å². The summed E-state index contributed by atoms with van der Waals surface area (Å²) in [5.41, 5.74) is 1.49. The summed E-state index contributed by atoms with van der Waals surface area (Å²) in [6.45, 7) is 0.574. The largest absolute Gasteiger partial charge is 0.465 e. The van der Waals surface area contributed by atoms with Gasteiger partial charge >= 0.3 is 6.09 Å². The van der Waals surface area contributed by atoms with E-state index in [-0.39, 0.29) is 6.04 Å². The van der Waals surface area contributed by atoms with Crippen molar-refractivity contribution in [2.45, 2.75) is 18.9 Å². The summed E-state index contributed by atoms with van der Waals surface area (Å²) >= 11 is 0. The Morgan fingerprint density at radius 2 is 2.47 bits per heavy atom. The maximum absolute atomic E-state index is 11.1. The molecule has 5 heteroatoms. The molecule has 1 amide bonds. The van der Waals surface area contributed by atoms with Gasteiger partial charge in [-0.15, -0.1) is 0 Å². The van der Waals surface area contributed by atoms with Crippen LogP contribution in [0.25, 0.3) is 11.1 Å². The highest BCUT2D eigenvalue weighted by atomic mass is 16.4. The molecule has 1 aliphatic heterocycles. The molecule has 1 fully saturated rings. The molecule has 0 unspecified atom stereocenters. The van der Waals surface area contributed by atoms with E-state index >= 15 is 0 Å². The third-order valence-electron chi connectivity index (χ3n) is 3.13. The fraction of sp³-hybridized carbons (Fsp3) is 0.333. The zero-order valence-corrected chi connectivity index (χ0v) is 9.17. The molecule has 1 N–H and O–H groups in total. The second-order valence-corrected chi connectivity index (χ2v) is 4.17. The fourth-order valence-electron chi connectivity index (χ4n) is 2.34. The zero-order valence-electron chi connectivity index (χ0n) is 9.17. The highest BCUT2D eigenvalue weighted by molar-refractivity contribution is 5.73. The minimum absolute atomic E-state index is 0.165. The van der Waals surface area contributed by atoms with E-state index in [2.05, 4.69) is 4.98 Å². The van der Waals surface area contributed by atoms with Gasteiger partial charge in [-0.25, -0.2) is 4.79 Å². The molecule has 3 rings (SSSR count). The lowest BCUT2D eigenvalue weighted by Gasteiger charge is -2.18. The van der Waals surface area contributed by atoms with E-state index in [1.807, 2.05) is 12.1 Å². The Morgan fingerprint density at radius 3 is 3.24 bits per heavy atom. The molecule has 3 heterocycles. The number of furan rings is 1. The molecule has 17 heavy (non-hydrogen) atoms. The van der Waals surface area contributed by atoms with Crippen LogP contribution in [0.2, 0.25) is 0 Å². The standard InChI is InChI=1S/C12H12N2O3/c15-12(16)14-6-2-3-9(14)11-7-8-10(17-11)4-1-5-13-8/h1,4-5,7,9H,2-3,6H2,(H,15,16)/t9-/m0/s1. The first-order valence-electron chi connectivity index (χ1n) is 5.60. The van der Waals surface area contributed by atoms with Crippen LogP contribution in [0.5, 0.6) is 0 Å². The number of aromatic nitrogens is 1. The van der Waals surface area contributed by atoms with Gasteiger partial charge in [0.05, 0.1) is 6.04 Å². The molecule has 2 aromatic heterocycles. The van der Waals surface area contributed by atoms with Gasteiger partial charge in [0, 0.05) is 18.8 Å². The molecule has 5 nitrogen and oxygen atoms in total. The molecule has 0 saturated carbocycles. The van der Waals surface area contributed by atoms with Crippen molar-refractivity contribution < 1.29 is 14.3 Å². The molecular weight excluding hydrogens is 220 g/mol. The van der Waals surface area contributed by atoms with Crippen LogP contribution in [-0.2, 0) is 0 Å². The molecule has 1 aliphatic rings. The van der Waals surface area contributed by atoms with Crippen molar-refractivity contribution in [2.24, 2.45) is 0 Å². The molecule has 2 aromatic rings. The van der Waals surface area contributed by atoms with Crippen LogP contribution in [0.4, 0.5) is 4.79 Å². The third kappa shape index (κ3) is 1.63. The van der Waals surface area contributed by atoms with E-state index < -0.39 is 6.09 Å². The second kappa shape index (κ2) is 3.76. The minimum Gasteiger partial charge on any atom is -0.465 e. The number of pyridine rings is 1. The Labute approximate surface area is 97.7 Å². The summed E-state index contributed by atoms with van der Waals surface area (Å²) in [4.78, 5) is 16.7. The Hall–Kier alpha value is -2.04. The first-order valence-corrected chi connectivity index (χ1v) is 5.60. The quantitative estimate of drug-likeness (QED) is 0.820. The normalized spacial score (nSPS) is 20.0. The van der Waals surface area contributed by atoms with Crippen LogP contribution in [0.3, 0.4) is 0 Å². The molecule has 1 saturated heterocycles. The van der Waals surface area contributed by atoms with E-state index in [0.29, 0.717) is 17.9 Å². The fourth-order valence-corrected chi connectivity index (χ4v) is 2.34. The molecule has 0 radical (unpaired) electrons. The Kier molecular flexibility index (Phi) is 2.24. The van der Waals surface area contributed by atoms with Crippen LogP contribution >= 0.6 is 0 Å². The predicted molar refractivity (Wildman–Crippen MR) is 60.7 cm³/mol. The van der Waals surface area contributed by atoms with Gasteiger partial charge in [0.25, 0.3) is 0 Å². The summed E-state index contributed by atoms with van der Waals surface area (Å²) < 4.78 is 5.66. The van der Waals surface area contributed by atoms with E-state index in [9.17, 15) is 4.79 Å². The number of hydrogen-bond donors (Lipinski definition) is 1. The Bertz CT molecular complexity index is 531. The van der Waals surface area contributed by atoms with Crippen molar-refractivity contribution in [2.75, 3.05) is 6.54 Å². The summed E-state index contributed by atoms with van der Waals surface area (Å²) in [5.74, 6) is 0.693. The molecule has 0 aromatic carbocycles. The monoisotopic (exact) mass is 232 g/mol. The smallest absolute Gasteiger partial charge is 0.407 e. The van der Waals surface area contributed by atoms with Gasteiger partial charge in [-0.1, -0.05) is 0 Å². The van der Waals surface area contributed by atoms with E-state index in [1.165, 1.54) is 4.90 Å². The van der Waals surface area contributed by atoms with Crippen LogP contribution in [-0.4, -0.2) is 27.6 Å². The van der Waals surface area contributed by atoms with Crippen molar-refractivity contribution >= 4 is 17.2 Å². The van der Waals surface area contributed by atoms with Gasteiger partial charge in [0.15, 0.2) is 5.58 Å². The summed E-state index contributed by atoms with van der Waals surface area (Å²) in [7, 11) is 0. The third-order valence-corrected chi connectivity index (χ3v) is 3.13. The van der Waals surface area contributed by atoms with Crippen molar-refractivity contribution in [1.29, 1.82) is 0 Å². The Morgan fingerprint density at radius 1 is 1.59 bits per heavy atom. The molecule has 0 bridgehead atoms. The highest BCUT2D eigenvalue weighted by Crippen LogP contribution is 2.34. The lowest BCUT2D eigenvalue weighted by atomic mass is 10.2.